The average molecular weight is 316 g/mol. The van der Waals surface area contributed by atoms with E-state index in [1.807, 2.05) is 11.3 Å². The van der Waals surface area contributed by atoms with Crippen LogP contribution in [0.25, 0.3) is 0 Å². The van der Waals surface area contributed by atoms with Gasteiger partial charge in [0.2, 0.25) is 0 Å². The standard InChI is InChI=1S/C14H22BrNS/c1-10-12(9-13(15)17-10)14(16)11-7-5-3-2-4-6-8-11/h9,11,14H,2-8,16H2,1H3. The SMILES string of the molecule is Cc1sc(Br)cc1C(N)C1CCCCCCC1. The van der Waals surface area contributed by atoms with E-state index in [9.17, 15) is 0 Å². The van der Waals surface area contributed by atoms with Gasteiger partial charge in [-0.2, -0.15) is 0 Å². The first-order valence-electron chi connectivity index (χ1n) is 6.70. The highest BCUT2D eigenvalue weighted by molar-refractivity contribution is 9.11. The molecule has 0 radical (unpaired) electrons. The summed E-state index contributed by atoms with van der Waals surface area (Å²) in [4.78, 5) is 1.38. The lowest BCUT2D eigenvalue weighted by Gasteiger charge is -2.26. The van der Waals surface area contributed by atoms with Gasteiger partial charge in [0.05, 0.1) is 3.79 Å². The van der Waals surface area contributed by atoms with Gasteiger partial charge in [-0.15, -0.1) is 11.3 Å². The van der Waals surface area contributed by atoms with Gasteiger partial charge in [-0.05, 0) is 53.2 Å². The number of halogens is 1. The van der Waals surface area contributed by atoms with Crippen molar-refractivity contribution in [3.8, 4) is 0 Å². The molecule has 0 aliphatic heterocycles. The van der Waals surface area contributed by atoms with E-state index in [1.165, 1.54) is 59.2 Å². The lowest BCUT2D eigenvalue weighted by Crippen LogP contribution is -2.22. The summed E-state index contributed by atoms with van der Waals surface area (Å²) in [6, 6.07) is 2.47. The van der Waals surface area contributed by atoms with Crippen molar-refractivity contribution in [2.45, 2.75) is 57.9 Å². The average Bonchev–Trinajstić information content (AvgIpc) is 2.56. The lowest BCUT2D eigenvalue weighted by molar-refractivity contribution is 0.327. The summed E-state index contributed by atoms with van der Waals surface area (Å²) in [6.07, 6.45) is 9.57. The van der Waals surface area contributed by atoms with Gasteiger partial charge in [0, 0.05) is 10.9 Å². The molecule has 96 valence electrons. The molecule has 0 bridgehead atoms. The van der Waals surface area contributed by atoms with Crippen LogP contribution in [0.5, 0.6) is 0 Å². The van der Waals surface area contributed by atoms with Crippen LogP contribution in [0.4, 0.5) is 0 Å². The minimum absolute atomic E-state index is 0.246. The van der Waals surface area contributed by atoms with Crippen LogP contribution in [-0.2, 0) is 0 Å². The van der Waals surface area contributed by atoms with Crippen LogP contribution in [0, 0.1) is 12.8 Å². The van der Waals surface area contributed by atoms with Crippen LogP contribution in [0.3, 0.4) is 0 Å². The quantitative estimate of drug-likeness (QED) is 0.799. The first-order chi connectivity index (χ1) is 8.18. The minimum Gasteiger partial charge on any atom is -0.324 e. The Balaban J connectivity index is 2.06. The number of nitrogens with two attached hydrogens (primary N) is 1. The van der Waals surface area contributed by atoms with Crippen molar-refractivity contribution in [3.05, 3.63) is 20.3 Å². The Morgan fingerprint density at radius 1 is 1.24 bits per heavy atom. The van der Waals surface area contributed by atoms with Crippen molar-refractivity contribution >= 4 is 27.3 Å². The summed E-state index contributed by atoms with van der Waals surface area (Å²) in [5.41, 5.74) is 7.86. The fraction of sp³-hybridized carbons (Fsp3) is 0.714. The van der Waals surface area contributed by atoms with Gasteiger partial charge < -0.3 is 5.73 Å². The first-order valence-corrected chi connectivity index (χ1v) is 8.31. The van der Waals surface area contributed by atoms with Crippen LogP contribution in [0.2, 0.25) is 0 Å². The number of hydrogen-bond acceptors (Lipinski definition) is 2. The summed E-state index contributed by atoms with van der Waals surface area (Å²) < 4.78 is 1.21. The van der Waals surface area contributed by atoms with E-state index < -0.39 is 0 Å². The van der Waals surface area contributed by atoms with Gasteiger partial charge in [-0.1, -0.05) is 32.1 Å². The summed E-state index contributed by atoms with van der Waals surface area (Å²) in [6.45, 7) is 2.19. The summed E-state index contributed by atoms with van der Waals surface area (Å²) in [5.74, 6) is 0.690. The summed E-state index contributed by atoms with van der Waals surface area (Å²) >= 11 is 5.37. The van der Waals surface area contributed by atoms with Gasteiger partial charge in [0.1, 0.15) is 0 Å². The molecule has 3 heteroatoms. The maximum atomic E-state index is 6.49. The number of aryl methyl sites for hydroxylation is 1. The van der Waals surface area contributed by atoms with Crippen molar-refractivity contribution in [2.75, 3.05) is 0 Å². The molecule has 0 spiro atoms. The molecular weight excluding hydrogens is 294 g/mol. The largest absolute Gasteiger partial charge is 0.324 e. The molecule has 1 aromatic heterocycles. The third-order valence-electron chi connectivity index (χ3n) is 3.94. The molecule has 1 aliphatic carbocycles. The molecule has 1 aromatic rings. The van der Waals surface area contributed by atoms with Crippen molar-refractivity contribution < 1.29 is 0 Å². The van der Waals surface area contributed by atoms with E-state index >= 15 is 0 Å². The highest BCUT2D eigenvalue weighted by Crippen LogP contribution is 2.36. The molecule has 2 N–H and O–H groups in total. The molecule has 0 saturated heterocycles. The fourth-order valence-corrected chi connectivity index (χ4v) is 4.66. The Bertz CT molecular complexity index is 353. The van der Waals surface area contributed by atoms with E-state index in [0.29, 0.717) is 5.92 Å². The first kappa shape index (κ1) is 13.6. The second-order valence-corrected chi connectivity index (χ2v) is 7.83. The third kappa shape index (κ3) is 3.55. The number of hydrogen-bond donors (Lipinski definition) is 1. The predicted molar refractivity (Wildman–Crippen MR) is 79.5 cm³/mol. The van der Waals surface area contributed by atoms with Gasteiger partial charge in [0.15, 0.2) is 0 Å². The van der Waals surface area contributed by atoms with Gasteiger partial charge in [-0.25, -0.2) is 0 Å². The fourth-order valence-electron chi connectivity index (χ4n) is 2.89. The molecule has 1 fully saturated rings. The number of thiophene rings is 1. The van der Waals surface area contributed by atoms with Gasteiger partial charge >= 0.3 is 0 Å². The van der Waals surface area contributed by atoms with E-state index in [-0.39, 0.29) is 6.04 Å². The van der Waals surface area contributed by atoms with Crippen LogP contribution in [0.15, 0.2) is 9.85 Å². The molecule has 1 heterocycles. The second-order valence-electron chi connectivity index (χ2n) is 5.19. The molecule has 1 unspecified atom stereocenters. The molecule has 1 nitrogen and oxygen atoms in total. The molecule has 1 aliphatic rings. The Morgan fingerprint density at radius 3 is 2.35 bits per heavy atom. The molecular formula is C14H22BrNS. The van der Waals surface area contributed by atoms with Crippen molar-refractivity contribution in [1.29, 1.82) is 0 Å². The Hall–Kier alpha value is 0.140. The Labute approximate surface area is 117 Å². The van der Waals surface area contributed by atoms with Crippen LogP contribution in [0.1, 0.15) is 61.4 Å². The number of rotatable bonds is 2. The third-order valence-corrected chi connectivity index (χ3v) is 5.51. The zero-order valence-corrected chi connectivity index (χ0v) is 12.9. The van der Waals surface area contributed by atoms with E-state index in [1.54, 1.807) is 0 Å². The maximum Gasteiger partial charge on any atom is 0.0704 e. The normalized spacial score (nSPS) is 20.9. The zero-order chi connectivity index (χ0) is 12.3. The topological polar surface area (TPSA) is 26.0 Å². The summed E-state index contributed by atoms with van der Waals surface area (Å²) in [7, 11) is 0. The monoisotopic (exact) mass is 315 g/mol. The molecule has 0 amide bonds. The molecule has 1 atom stereocenters. The predicted octanol–water partition coefficient (Wildman–Crippen LogP) is 5.18. The van der Waals surface area contributed by atoms with Crippen molar-refractivity contribution in [3.63, 3.8) is 0 Å². The summed E-state index contributed by atoms with van der Waals surface area (Å²) in [5, 5.41) is 0. The highest BCUT2D eigenvalue weighted by atomic mass is 79.9. The van der Waals surface area contributed by atoms with Crippen molar-refractivity contribution in [2.24, 2.45) is 11.7 Å². The van der Waals surface area contributed by atoms with Crippen LogP contribution in [-0.4, -0.2) is 0 Å². The minimum atomic E-state index is 0.246. The second kappa shape index (κ2) is 6.35. The zero-order valence-electron chi connectivity index (χ0n) is 10.5. The Morgan fingerprint density at radius 2 is 1.82 bits per heavy atom. The molecule has 17 heavy (non-hydrogen) atoms. The van der Waals surface area contributed by atoms with Crippen molar-refractivity contribution in [1.82, 2.24) is 0 Å². The van der Waals surface area contributed by atoms with Gasteiger partial charge in [-0.3, -0.25) is 0 Å². The maximum absolute atomic E-state index is 6.49. The molecule has 2 rings (SSSR count). The van der Waals surface area contributed by atoms with Crippen LogP contribution >= 0.6 is 27.3 Å². The highest BCUT2D eigenvalue weighted by Gasteiger charge is 2.22. The van der Waals surface area contributed by atoms with Gasteiger partial charge in [0.25, 0.3) is 0 Å². The van der Waals surface area contributed by atoms with E-state index in [2.05, 4.69) is 28.9 Å². The smallest absolute Gasteiger partial charge is 0.0704 e. The lowest BCUT2D eigenvalue weighted by atomic mass is 9.83. The van der Waals surface area contributed by atoms with E-state index in [4.69, 9.17) is 5.73 Å². The Kier molecular flexibility index (Phi) is 5.07. The van der Waals surface area contributed by atoms with Crippen LogP contribution < -0.4 is 5.73 Å². The van der Waals surface area contributed by atoms with E-state index in [0.717, 1.165) is 0 Å². The molecule has 1 saturated carbocycles. The molecule has 0 aromatic carbocycles.